The van der Waals surface area contributed by atoms with E-state index >= 15 is 0 Å². The number of nitrogen functional groups attached to an aromatic ring is 1. The maximum absolute atomic E-state index is 11.3. The smallest absolute Gasteiger partial charge is 0.266 e. The van der Waals surface area contributed by atoms with Crippen LogP contribution in [0, 0.1) is 22.7 Å². The molecule has 98 valence electrons. The summed E-state index contributed by atoms with van der Waals surface area (Å²) >= 11 is 0. The highest BCUT2D eigenvalue weighted by molar-refractivity contribution is 5.93. The molecule has 0 saturated heterocycles. The van der Waals surface area contributed by atoms with Gasteiger partial charge in [-0.15, -0.1) is 0 Å². The Balaban J connectivity index is 2.23. The zero-order valence-electron chi connectivity index (χ0n) is 10.2. The molecule has 8 heteroatoms. The fourth-order valence-electron chi connectivity index (χ4n) is 1.61. The lowest BCUT2D eigenvalue weighted by Crippen LogP contribution is -2.30. The first-order valence-corrected chi connectivity index (χ1v) is 5.50. The van der Waals surface area contributed by atoms with Crippen LogP contribution in [-0.2, 0) is 6.54 Å². The molecule has 0 fully saturated rings. The normalized spacial score (nSPS) is 9.55. The molecular weight excluding hydrogens is 258 g/mol. The standard InChI is InChI=1S/C12H9N7O/c13-3-10-11(4-14)19(7-17-10)6-9-2-1-8(5-16-9)12(20)18-15/h1-2,5,7H,6,15H2,(H,18,20). The number of aromatic nitrogens is 3. The van der Waals surface area contributed by atoms with Crippen molar-refractivity contribution in [2.45, 2.75) is 6.54 Å². The van der Waals surface area contributed by atoms with Crippen LogP contribution >= 0.6 is 0 Å². The number of hydrogen-bond donors (Lipinski definition) is 2. The number of hydrogen-bond acceptors (Lipinski definition) is 6. The van der Waals surface area contributed by atoms with Gasteiger partial charge in [0.25, 0.3) is 5.91 Å². The quantitative estimate of drug-likeness (QED) is 0.444. The topological polar surface area (TPSA) is 133 Å². The number of pyridine rings is 1. The Hall–Kier alpha value is -3.23. The largest absolute Gasteiger partial charge is 0.315 e. The van der Waals surface area contributed by atoms with Crippen molar-refractivity contribution in [2.24, 2.45) is 5.84 Å². The second kappa shape index (κ2) is 5.61. The average molecular weight is 267 g/mol. The van der Waals surface area contributed by atoms with Crippen LogP contribution in [-0.4, -0.2) is 20.4 Å². The minimum atomic E-state index is -0.434. The molecule has 3 N–H and O–H groups in total. The molecule has 0 saturated carbocycles. The van der Waals surface area contributed by atoms with Crippen molar-refractivity contribution in [3.05, 3.63) is 47.3 Å². The van der Waals surface area contributed by atoms with Crippen LogP contribution in [0.15, 0.2) is 24.7 Å². The van der Waals surface area contributed by atoms with E-state index in [9.17, 15) is 4.79 Å². The molecule has 0 aliphatic heterocycles. The average Bonchev–Trinajstić information content (AvgIpc) is 2.89. The second-order valence-electron chi connectivity index (χ2n) is 3.80. The minimum Gasteiger partial charge on any atom is -0.315 e. The molecule has 0 atom stereocenters. The van der Waals surface area contributed by atoms with E-state index in [1.807, 2.05) is 17.6 Å². The first kappa shape index (κ1) is 13.2. The molecule has 20 heavy (non-hydrogen) atoms. The Morgan fingerprint density at radius 1 is 1.35 bits per heavy atom. The third-order valence-corrected chi connectivity index (χ3v) is 2.60. The van der Waals surface area contributed by atoms with E-state index in [1.54, 1.807) is 12.1 Å². The van der Waals surface area contributed by atoms with Crippen molar-refractivity contribution in [1.29, 1.82) is 10.5 Å². The molecule has 0 bridgehead atoms. The minimum absolute atomic E-state index is 0.0756. The molecule has 0 aliphatic carbocycles. The Bertz CT molecular complexity index is 718. The van der Waals surface area contributed by atoms with E-state index in [-0.39, 0.29) is 17.9 Å². The van der Waals surface area contributed by atoms with E-state index in [4.69, 9.17) is 16.4 Å². The molecule has 2 heterocycles. The summed E-state index contributed by atoms with van der Waals surface area (Å²) in [7, 11) is 0. The summed E-state index contributed by atoms with van der Waals surface area (Å²) in [6.07, 6.45) is 2.78. The van der Waals surface area contributed by atoms with Crippen molar-refractivity contribution in [3.63, 3.8) is 0 Å². The van der Waals surface area contributed by atoms with Gasteiger partial charge in [-0.3, -0.25) is 15.2 Å². The molecule has 2 rings (SSSR count). The van der Waals surface area contributed by atoms with E-state index in [0.717, 1.165) is 0 Å². The highest BCUT2D eigenvalue weighted by Crippen LogP contribution is 2.08. The zero-order chi connectivity index (χ0) is 14.5. The van der Waals surface area contributed by atoms with E-state index in [2.05, 4.69) is 9.97 Å². The Labute approximate surface area is 114 Å². The molecule has 0 aliphatic rings. The number of carbonyl (C=O) groups is 1. The van der Waals surface area contributed by atoms with Gasteiger partial charge in [-0.25, -0.2) is 10.8 Å². The van der Waals surface area contributed by atoms with Crippen LogP contribution in [0.4, 0.5) is 0 Å². The van der Waals surface area contributed by atoms with Crippen LogP contribution in [0.5, 0.6) is 0 Å². The van der Waals surface area contributed by atoms with Gasteiger partial charge in [0.15, 0.2) is 11.4 Å². The third kappa shape index (κ3) is 2.46. The van der Waals surface area contributed by atoms with Gasteiger partial charge >= 0.3 is 0 Å². The van der Waals surface area contributed by atoms with E-state index < -0.39 is 5.91 Å². The summed E-state index contributed by atoms with van der Waals surface area (Å²) in [5, 5.41) is 17.8. The lowest BCUT2D eigenvalue weighted by atomic mass is 10.2. The second-order valence-corrected chi connectivity index (χ2v) is 3.80. The van der Waals surface area contributed by atoms with Gasteiger partial charge in [-0.2, -0.15) is 10.5 Å². The Kier molecular flexibility index (Phi) is 3.70. The molecule has 2 aromatic heterocycles. The monoisotopic (exact) mass is 267 g/mol. The first-order chi connectivity index (χ1) is 9.69. The fraction of sp³-hybridized carbons (Fsp3) is 0.0833. The molecular formula is C12H9N7O. The zero-order valence-corrected chi connectivity index (χ0v) is 10.2. The summed E-state index contributed by atoms with van der Waals surface area (Å²) in [5.74, 6) is 4.58. The van der Waals surface area contributed by atoms with Crippen molar-refractivity contribution in [3.8, 4) is 12.1 Å². The number of nitriles is 2. The number of rotatable bonds is 3. The predicted octanol–water partition coefficient (Wildman–Crippen LogP) is -0.327. The van der Waals surface area contributed by atoms with E-state index in [0.29, 0.717) is 11.3 Å². The van der Waals surface area contributed by atoms with Crippen molar-refractivity contribution < 1.29 is 4.79 Å². The van der Waals surface area contributed by atoms with Gasteiger partial charge in [0, 0.05) is 6.20 Å². The molecule has 0 spiro atoms. The molecule has 0 radical (unpaired) electrons. The summed E-state index contributed by atoms with van der Waals surface area (Å²) in [4.78, 5) is 19.2. The number of nitrogens with one attached hydrogen (secondary N) is 1. The predicted molar refractivity (Wildman–Crippen MR) is 66.6 cm³/mol. The van der Waals surface area contributed by atoms with Gasteiger partial charge < -0.3 is 4.57 Å². The number of hydrazine groups is 1. The highest BCUT2D eigenvalue weighted by atomic mass is 16.2. The van der Waals surface area contributed by atoms with Gasteiger partial charge in [0.05, 0.1) is 24.1 Å². The Morgan fingerprint density at radius 3 is 2.70 bits per heavy atom. The number of carbonyl (C=O) groups excluding carboxylic acids is 1. The summed E-state index contributed by atoms with van der Waals surface area (Å²) in [5.41, 5.74) is 3.22. The molecule has 0 unspecified atom stereocenters. The summed E-state index contributed by atoms with van der Waals surface area (Å²) < 4.78 is 1.52. The number of imidazole rings is 1. The fourth-order valence-corrected chi connectivity index (χ4v) is 1.61. The van der Waals surface area contributed by atoms with Crippen LogP contribution < -0.4 is 11.3 Å². The number of amides is 1. The van der Waals surface area contributed by atoms with Crippen LogP contribution in [0.2, 0.25) is 0 Å². The van der Waals surface area contributed by atoms with Gasteiger partial charge in [0.2, 0.25) is 0 Å². The third-order valence-electron chi connectivity index (χ3n) is 2.60. The van der Waals surface area contributed by atoms with Crippen molar-refractivity contribution in [1.82, 2.24) is 20.0 Å². The first-order valence-electron chi connectivity index (χ1n) is 5.50. The highest BCUT2D eigenvalue weighted by Gasteiger charge is 2.11. The maximum Gasteiger partial charge on any atom is 0.266 e. The maximum atomic E-state index is 11.3. The van der Waals surface area contributed by atoms with E-state index in [1.165, 1.54) is 17.1 Å². The Morgan fingerprint density at radius 2 is 2.15 bits per heavy atom. The van der Waals surface area contributed by atoms with Gasteiger partial charge in [-0.05, 0) is 12.1 Å². The van der Waals surface area contributed by atoms with Gasteiger partial charge in [-0.1, -0.05) is 0 Å². The molecule has 2 aromatic rings. The molecule has 8 nitrogen and oxygen atoms in total. The van der Waals surface area contributed by atoms with Crippen LogP contribution in [0.1, 0.15) is 27.4 Å². The van der Waals surface area contributed by atoms with Gasteiger partial charge in [0.1, 0.15) is 12.1 Å². The van der Waals surface area contributed by atoms with Crippen LogP contribution in [0.3, 0.4) is 0 Å². The van der Waals surface area contributed by atoms with Crippen molar-refractivity contribution in [2.75, 3.05) is 0 Å². The molecule has 0 aromatic carbocycles. The van der Waals surface area contributed by atoms with Crippen LogP contribution in [0.25, 0.3) is 0 Å². The van der Waals surface area contributed by atoms with Crippen molar-refractivity contribution >= 4 is 5.91 Å². The number of nitrogens with zero attached hydrogens (tertiary/aromatic N) is 5. The summed E-state index contributed by atoms with van der Waals surface area (Å²) in [6, 6.07) is 6.97. The summed E-state index contributed by atoms with van der Waals surface area (Å²) in [6.45, 7) is 0.280. The lowest BCUT2D eigenvalue weighted by molar-refractivity contribution is 0.0953. The molecule has 1 amide bonds. The lowest BCUT2D eigenvalue weighted by Gasteiger charge is -2.04. The number of nitrogens with two attached hydrogens (primary N) is 1. The SMILES string of the molecule is N#Cc1ncn(Cc2ccc(C(=O)NN)cn2)c1C#N.